The Morgan fingerprint density at radius 1 is 1.33 bits per heavy atom. The quantitative estimate of drug-likeness (QED) is 0.730. The fourth-order valence-electron chi connectivity index (χ4n) is 3.88. The summed E-state index contributed by atoms with van der Waals surface area (Å²) in [4.78, 5) is 12.7. The standard InChI is InChI=1S/C17H18BrN5O3S/c1-8-7-23-16(26-8)13(6-20-23)27(19,25)22-17(24)21-15-11-4-2-9(11)14(18)10-3-5-12(10)15/h6,8H,2-5,7H2,1H3,(H3,19,21,22,24,25)/t8-,27?/m0/s1. The molecule has 142 valence electrons. The minimum absolute atomic E-state index is 0.0862. The normalized spacial score (nSPS) is 20.9. The zero-order valence-corrected chi connectivity index (χ0v) is 17.0. The summed E-state index contributed by atoms with van der Waals surface area (Å²) in [6.45, 7) is 2.43. The molecule has 1 aromatic carbocycles. The number of rotatable bonds is 2. The maximum absolute atomic E-state index is 12.9. The predicted octanol–water partition coefficient (Wildman–Crippen LogP) is 2.56. The average molecular weight is 452 g/mol. The molecule has 2 atom stereocenters. The van der Waals surface area contributed by atoms with Crippen LogP contribution in [0.5, 0.6) is 5.88 Å². The molecule has 3 N–H and O–H groups in total. The van der Waals surface area contributed by atoms with Crippen LogP contribution in [0.4, 0.5) is 10.5 Å². The van der Waals surface area contributed by atoms with Gasteiger partial charge in [0.2, 0.25) is 5.88 Å². The summed E-state index contributed by atoms with van der Waals surface area (Å²) in [5.41, 5.74) is 5.57. The summed E-state index contributed by atoms with van der Waals surface area (Å²) >= 11 is 3.67. The van der Waals surface area contributed by atoms with E-state index in [2.05, 4.69) is 30.7 Å². The molecule has 2 aromatic rings. The molecule has 1 aliphatic heterocycles. The van der Waals surface area contributed by atoms with E-state index in [1.165, 1.54) is 21.8 Å². The molecule has 0 saturated heterocycles. The van der Waals surface area contributed by atoms with Gasteiger partial charge in [0.25, 0.3) is 0 Å². The van der Waals surface area contributed by atoms with Gasteiger partial charge in [-0.3, -0.25) is 0 Å². The highest BCUT2D eigenvalue weighted by molar-refractivity contribution is 9.10. The Morgan fingerprint density at radius 3 is 2.56 bits per heavy atom. The van der Waals surface area contributed by atoms with Crippen molar-refractivity contribution >= 4 is 37.6 Å². The van der Waals surface area contributed by atoms with Crippen LogP contribution in [0.1, 0.15) is 29.2 Å². The van der Waals surface area contributed by atoms with E-state index in [0.717, 1.165) is 42.5 Å². The maximum Gasteiger partial charge on any atom is 0.354 e. The van der Waals surface area contributed by atoms with E-state index in [1.54, 1.807) is 4.68 Å². The molecule has 1 aromatic heterocycles. The van der Waals surface area contributed by atoms with Crippen LogP contribution >= 0.6 is 15.9 Å². The van der Waals surface area contributed by atoms with E-state index < -0.39 is 15.9 Å². The van der Waals surface area contributed by atoms with E-state index in [9.17, 15) is 9.00 Å². The van der Waals surface area contributed by atoms with Crippen LogP contribution in [-0.4, -0.2) is 26.1 Å². The smallest absolute Gasteiger partial charge is 0.354 e. The van der Waals surface area contributed by atoms with Gasteiger partial charge in [0, 0.05) is 10.2 Å². The second kappa shape index (κ2) is 5.79. The monoisotopic (exact) mass is 451 g/mol. The number of ether oxygens (including phenoxy) is 1. The fraction of sp³-hybridized carbons (Fsp3) is 0.412. The number of nitrogens with one attached hydrogen (secondary N) is 1. The summed E-state index contributed by atoms with van der Waals surface area (Å²) in [5, 5.41) is 12.9. The zero-order chi connectivity index (χ0) is 18.9. The number of fused-ring (bicyclic) bond motifs is 3. The molecule has 8 nitrogen and oxygen atoms in total. The van der Waals surface area contributed by atoms with Crippen LogP contribution < -0.4 is 15.2 Å². The van der Waals surface area contributed by atoms with Gasteiger partial charge < -0.3 is 10.1 Å². The Bertz CT molecular complexity index is 1100. The number of carbonyl (C=O) groups is 1. The lowest BCUT2D eigenvalue weighted by molar-refractivity contribution is 0.248. The van der Waals surface area contributed by atoms with Gasteiger partial charge in [0.1, 0.15) is 11.0 Å². The zero-order valence-electron chi connectivity index (χ0n) is 14.6. The molecular weight excluding hydrogens is 434 g/mol. The first kappa shape index (κ1) is 17.2. The highest BCUT2D eigenvalue weighted by Gasteiger charge is 2.32. The van der Waals surface area contributed by atoms with Crippen LogP contribution in [0, 0.1) is 0 Å². The second-order valence-electron chi connectivity index (χ2n) is 7.12. The Morgan fingerprint density at radius 2 is 1.96 bits per heavy atom. The largest absolute Gasteiger partial charge is 0.472 e. The van der Waals surface area contributed by atoms with Crippen LogP contribution in [0.25, 0.3) is 0 Å². The maximum atomic E-state index is 12.9. The number of urea groups is 1. The minimum Gasteiger partial charge on any atom is -0.472 e. The van der Waals surface area contributed by atoms with Crippen LogP contribution in [0.2, 0.25) is 0 Å². The number of anilines is 1. The van der Waals surface area contributed by atoms with E-state index >= 15 is 0 Å². The van der Waals surface area contributed by atoms with Crippen molar-refractivity contribution in [1.82, 2.24) is 9.78 Å². The molecule has 2 amide bonds. The van der Waals surface area contributed by atoms with Gasteiger partial charge in [-0.1, -0.05) is 15.9 Å². The lowest BCUT2D eigenvalue weighted by Crippen LogP contribution is -2.25. The molecule has 0 spiro atoms. The first-order chi connectivity index (χ1) is 12.8. The molecule has 0 fully saturated rings. The average Bonchev–Trinajstić information content (AvgIpc) is 3.01. The van der Waals surface area contributed by atoms with Gasteiger partial charge in [0.05, 0.1) is 12.7 Å². The van der Waals surface area contributed by atoms with E-state index in [4.69, 9.17) is 9.88 Å². The Kier molecular flexibility index (Phi) is 3.69. The van der Waals surface area contributed by atoms with Crippen LogP contribution in [0.15, 0.2) is 19.9 Å². The number of amides is 2. The van der Waals surface area contributed by atoms with Crippen molar-refractivity contribution in [2.75, 3.05) is 5.32 Å². The third-order valence-corrected chi connectivity index (χ3v) is 7.68. The lowest BCUT2D eigenvalue weighted by Gasteiger charge is -2.33. The second-order valence-corrected chi connectivity index (χ2v) is 9.67. The lowest BCUT2D eigenvalue weighted by atomic mass is 9.76. The number of benzene rings is 1. The van der Waals surface area contributed by atoms with E-state index in [0.29, 0.717) is 12.4 Å². The van der Waals surface area contributed by atoms with Crippen molar-refractivity contribution < 1.29 is 13.7 Å². The predicted molar refractivity (Wildman–Crippen MR) is 103 cm³/mol. The van der Waals surface area contributed by atoms with Crippen molar-refractivity contribution in [2.24, 2.45) is 9.50 Å². The highest BCUT2D eigenvalue weighted by atomic mass is 79.9. The number of aromatic nitrogens is 2. The summed E-state index contributed by atoms with van der Waals surface area (Å²) < 4.78 is 25.0. The van der Waals surface area contributed by atoms with Gasteiger partial charge in [-0.25, -0.2) is 18.8 Å². The minimum atomic E-state index is -3.46. The van der Waals surface area contributed by atoms with Gasteiger partial charge in [-0.15, -0.1) is 4.36 Å². The highest BCUT2D eigenvalue weighted by Crippen LogP contribution is 2.46. The Balaban J connectivity index is 1.47. The molecule has 2 aliphatic carbocycles. The van der Waals surface area contributed by atoms with E-state index in [-0.39, 0.29) is 11.0 Å². The molecule has 0 saturated carbocycles. The third-order valence-electron chi connectivity index (χ3n) is 5.38. The molecular formula is C17H18BrN5O3S. The molecule has 3 aliphatic rings. The first-order valence-corrected chi connectivity index (χ1v) is 11.2. The summed E-state index contributed by atoms with van der Waals surface area (Å²) in [6, 6.07) is -0.709. The summed E-state index contributed by atoms with van der Waals surface area (Å²) in [6.07, 6.45) is 5.09. The van der Waals surface area contributed by atoms with Crippen molar-refractivity contribution in [1.29, 1.82) is 0 Å². The van der Waals surface area contributed by atoms with Gasteiger partial charge in [-0.2, -0.15) is 5.10 Å². The topological polar surface area (TPSA) is 112 Å². The SMILES string of the molecule is C[C@H]1Cn2ncc(S(N)(=O)=NC(=O)Nc3c4c(c(Br)c5c3CC5)CC4)c2O1. The van der Waals surface area contributed by atoms with Crippen molar-refractivity contribution in [3.63, 3.8) is 0 Å². The number of halogens is 1. The van der Waals surface area contributed by atoms with Gasteiger partial charge >= 0.3 is 6.03 Å². The van der Waals surface area contributed by atoms with Crippen molar-refractivity contribution in [3.8, 4) is 5.88 Å². The van der Waals surface area contributed by atoms with Crippen molar-refractivity contribution in [2.45, 2.75) is 50.2 Å². The molecule has 5 rings (SSSR count). The number of hydrogen-bond acceptors (Lipinski definition) is 4. The molecule has 0 radical (unpaired) electrons. The number of nitrogens with two attached hydrogens (primary N) is 1. The number of hydrogen-bond donors (Lipinski definition) is 2. The Hall–Kier alpha value is -1.91. The molecule has 1 unspecified atom stereocenters. The Labute approximate surface area is 164 Å². The third kappa shape index (κ3) is 2.54. The number of carbonyl (C=O) groups excluding carboxylic acids is 1. The fourth-order valence-corrected chi connectivity index (χ4v) is 5.75. The molecule has 0 bridgehead atoms. The number of nitrogens with zero attached hydrogens (tertiary/aromatic N) is 3. The van der Waals surface area contributed by atoms with Crippen molar-refractivity contribution in [3.05, 3.63) is 32.9 Å². The molecule has 27 heavy (non-hydrogen) atoms. The molecule has 2 heterocycles. The van der Waals surface area contributed by atoms with Crippen LogP contribution in [0.3, 0.4) is 0 Å². The summed E-state index contributed by atoms with van der Waals surface area (Å²) in [7, 11) is -3.46. The van der Waals surface area contributed by atoms with Crippen LogP contribution in [-0.2, 0) is 42.1 Å². The van der Waals surface area contributed by atoms with Gasteiger partial charge in [0.15, 0.2) is 9.92 Å². The van der Waals surface area contributed by atoms with E-state index in [1.807, 2.05) is 6.92 Å². The first-order valence-electron chi connectivity index (χ1n) is 8.78. The van der Waals surface area contributed by atoms with Gasteiger partial charge in [-0.05, 0) is 54.9 Å². The molecule has 10 heteroatoms. The summed E-state index contributed by atoms with van der Waals surface area (Å²) in [5.74, 6) is 0.323.